The van der Waals surface area contributed by atoms with Gasteiger partial charge >= 0.3 is 0 Å². The molecule has 0 atom stereocenters. The summed E-state index contributed by atoms with van der Waals surface area (Å²) < 4.78 is 0. The summed E-state index contributed by atoms with van der Waals surface area (Å²) in [5.41, 5.74) is 1.93. The van der Waals surface area contributed by atoms with E-state index in [4.69, 9.17) is 0 Å². The molecule has 2 aromatic carbocycles. The highest BCUT2D eigenvalue weighted by Crippen LogP contribution is 2.27. The summed E-state index contributed by atoms with van der Waals surface area (Å²) in [7, 11) is 0. The van der Waals surface area contributed by atoms with Crippen molar-refractivity contribution in [1.82, 2.24) is 10.6 Å². The van der Waals surface area contributed by atoms with E-state index in [0.29, 0.717) is 34.4 Å². The van der Waals surface area contributed by atoms with Crippen LogP contribution in [0.4, 0.5) is 0 Å². The van der Waals surface area contributed by atoms with Crippen molar-refractivity contribution in [2.24, 2.45) is 0 Å². The average Bonchev–Trinajstić information content (AvgIpc) is 2.87. The standard InChI is InChI=1S/C29H38N2O3/c1-2-3-11-18-30-19-12-7-5-4-6-8-13-20-31-29(34)22-16-17-25-26(21-22)28(33)24-15-10-9-14-23(24)27(25)32/h9-10,14-17,21,30H,2-8,11-13,18-20H2,1H3,(H,31,34). The van der Waals surface area contributed by atoms with E-state index in [0.717, 1.165) is 25.9 Å². The molecule has 0 heterocycles. The van der Waals surface area contributed by atoms with Crippen LogP contribution in [0.3, 0.4) is 0 Å². The number of benzene rings is 2. The van der Waals surface area contributed by atoms with Gasteiger partial charge in [-0.05, 0) is 50.6 Å². The largest absolute Gasteiger partial charge is 0.352 e. The van der Waals surface area contributed by atoms with Crippen LogP contribution in [0, 0.1) is 0 Å². The Morgan fingerprint density at radius 3 is 1.82 bits per heavy atom. The van der Waals surface area contributed by atoms with E-state index in [1.807, 2.05) is 0 Å². The number of carbonyl (C=O) groups is 3. The Balaban J connectivity index is 1.31. The van der Waals surface area contributed by atoms with Gasteiger partial charge in [-0.2, -0.15) is 0 Å². The number of nitrogens with one attached hydrogen (secondary N) is 2. The zero-order valence-electron chi connectivity index (χ0n) is 20.5. The maximum atomic E-state index is 12.8. The molecule has 0 saturated carbocycles. The van der Waals surface area contributed by atoms with Gasteiger partial charge < -0.3 is 10.6 Å². The van der Waals surface area contributed by atoms with Gasteiger partial charge in [0.15, 0.2) is 11.6 Å². The summed E-state index contributed by atoms with van der Waals surface area (Å²) in [6.07, 6.45) is 12.2. The van der Waals surface area contributed by atoms with Crippen LogP contribution in [0.15, 0.2) is 42.5 Å². The quantitative estimate of drug-likeness (QED) is 0.284. The second-order valence-corrected chi connectivity index (χ2v) is 9.15. The molecular formula is C29H38N2O3. The molecule has 1 aliphatic carbocycles. The first-order chi connectivity index (χ1) is 16.6. The highest BCUT2D eigenvalue weighted by molar-refractivity contribution is 6.28. The fraction of sp³-hybridized carbons (Fsp3) is 0.483. The number of hydrogen-bond donors (Lipinski definition) is 2. The lowest BCUT2D eigenvalue weighted by Gasteiger charge is -2.18. The van der Waals surface area contributed by atoms with Crippen molar-refractivity contribution in [3.05, 3.63) is 70.3 Å². The molecule has 0 bridgehead atoms. The van der Waals surface area contributed by atoms with Crippen molar-refractivity contribution >= 4 is 17.5 Å². The Morgan fingerprint density at radius 2 is 1.18 bits per heavy atom. The fourth-order valence-electron chi connectivity index (χ4n) is 4.43. The van der Waals surface area contributed by atoms with Crippen molar-refractivity contribution in [3.8, 4) is 0 Å². The van der Waals surface area contributed by atoms with Crippen LogP contribution in [0.1, 0.15) is 113 Å². The number of unbranched alkanes of at least 4 members (excludes halogenated alkanes) is 8. The van der Waals surface area contributed by atoms with Gasteiger partial charge in [0.2, 0.25) is 0 Å². The van der Waals surface area contributed by atoms with Crippen molar-refractivity contribution in [2.75, 3.05) is 19.6 Å². The third-order valence-corrected chi connectivity index (χ3v) is 6.46. The van der Waals surface area contributed by atoms with Gasteiger partial charge in [0, 0.05) is 34.4 Å². The first-order valence-electron chi connectivity index (χ1n) is 12.9. The Kier molecular flexibility index (Phi) is 10.5. The minimum Gasteiger partial charge on any atom is -0.352 e. The number of fused-ring (bicyclic) bond motifs is 2. The molecule has 0 saturated heterocycles. The summed E-state index contributed by atoms with van der Waals surface area (Å²) in [6.45, 7) is 5.13. The molecule has 0 unspecified atom stereocenters. The summed E-state index contributed by atoms with van der Waals surface area (Å²) in [5.74, 6) is -0.569. The lowest BCUT2D eigenvalue weighted by atomic mass is 9.83. The molecule has 5 nitrogen and oxygen atoms in total. The van der Waals surface area contributed by atoms with Crippen LogP contribution in [0.5, 0.6) is 0 Å². The van der Waals surface area contributed by atoms with E-state index in [9.17, 15) is 14.4 Å². The monoisotopic (exact) mass is 462 g/mol. The predicted octanol–water partition coefficient (Wildman–Crippen LogP) is 5.70. The second kappa shape index (κ2) is 13.8. The number of rotatable bonds is 15. The van der Waals surface area contributed by atoms with Gasteiger partial charge in [-0.1, -0.05) is 76.1 Å². The minimum atomic E-state index is -0.202. The lowest BCUT2D eigenvalue weighted by molar-refractivity contribution is 0.0950. The third kappa shape index (κ3) is 7.10. The Morgan fingerprint density at radius 1 is 0.647 bits per heavy atom. The summed E-state index contributed by atoms with van der Waals surface area (Å²) in [4.78, 5) is 38.1. The maximum absolute atomic E-state index is 12.8. The van der Waals surface area contributed by atoms with E-state index in [-0.39, 0.29) is 17.5 Å². The average molecular weight is 463 g/mol. The van der Waals surface area contributed by atoms with Crippen molar-refractivity contribution < 1.29 is 14.4 Å². The molecule has 0 fully saturated rings. The molecule has 1 amide bonds. The number of ketones is 2. The topological polar surface area (TPSA) is 75.3 Å². The van der Waals surface area contributed by atoms with Crippen molar-refractivity contribution in [1.29, 1.82) is 0 Å². The third-order valence-electron chi connectivity index (χ3n) is 6.46. The molecule has 3 rings (SSSR count). The van der Waals surface area contributed by atoms with E-state index < -0.39 is 0 Å². The zero-order chi connectivity index (χ0) is 24.2. The van der Waals surface area contributed by atoms with Crippen LogP contribution >= 0.6 is 0 Å². The Bertz CT molecular complexity index is 983. The summed E-state index contributed by atoms with van der Waals surface area (Å²) in [5, 5.41) is 6.46. The summed E-state index contributed by atoms with van der Waals surface area (Å²) in [6, 6.07) is 11.6. The van der Waals surface area contributed by atoms with Gasteiger partial charge in [0.25, 0.3) is 5.91 Å². The SMILES string of the molecule is CCCCCNCCCCCCCCCNC(=O)c1ccc2c(c1)C(=O)c1ccccc1C2=O. The molecule has 0 radical (unpaired) electrons. The van der Waals surface area contributed by atoms with E-state index in [1.54, 1.807) is 42.5 Å². The first-order valence-corrected chi connectivity index (χ1v) is 12.9. The summed E-state index contributed by atoms with van der Waals surface area (Å²) >= 11 is 0. The molecule has 5 heteroatoms. The van der Waals surface area contributed by atoms with Gasteiger partial charge in [0.05, 0.1) is 0 Å². The number of amides is 1. The molecule has 0 spiro atoms. The smallest absolute Gasteiger partial charge is 0.251 e. The molecule has 2 N–H and O–H groups in total. The predicted molar refractivity (Wildman–Crippen MR) is 137 cm³/mol. The molecule has 182 valence electrons. The van der Waals surface area contributed by atoms with Crippen LogP contribution in [0.25, 0.3) is 0 Å². The molecule has 1 aliphatic rings. The number of hydrogen-bond acceptors (Lipinski definition) is 4. The lowest BCUT2D eigenvalue weighted by Crippen LogP contribution is -2.26. The fourth-order valence-corrected chi connectivity index (χ4v) is 4.43. The van der Waals surface area contributed by atoms with Gasteiger partial charge in [-0.15, -0.1) is 0 Å². The van der Waals surface area contributed by atoms with Crippen molar-refractivity contribution in [2.45, 2.75) is 71.1 Å². The van der Waals surface area contributed by atoms with E-state index in [1.165, 1.54) is 51.4 Å². The molecule has 34 heavy (non-hydrogen) atoms. The highest BCUT2D eigenvalue weighted by atomic mass is 16.2. The first kappa shape index (κ1) is 25.8. The van der Waals surface area contributed by atoms with Crippen LogP contribution in [-0.4, -0.2) is 37.1 Å². The van der Waals surface area contributed by atoms with E-state index >= 15 is 0 Å². The highest BCUT2D eigenvalue weighted by Gasteiger charge is 2.29. The Labute approximate surface area is 203 Å². The zero-order valence-corrected chi connectivity index (χ0v) is 20.5. The van der Waals surface area contributed by atoms with Crippen LogP contribution in [-0.2, 0) is 0 Å². The maximum Gasteiger partial charge on any atom is 0.251 e. The van der Waals surface area contributed by atoms with Gasteiger partial charge in [-0.25, -0.2) is 0 Å². The molecule has 2 aromatic rings. The molecular weight excluding hydrogens is 424 g/mol. The Hall–Kier alpha value is -2.79. The normalized spacial score (nSPS) is 12.4. The number of carbonyl (C=O) groups excluding carboxylic acids is 3. The van der Waals surface area contributed by atoms with Crippen molar-refractivity contribution in [3.63, 3.8) is 0 Å². The second-order valence-electron chi connectivity index (χ2n) is 9.15. The van der Waals surface area contributed by atoms with E-state index in [2.05, 4.69) is 17.6 Å². The van der Waals surface area contributed by atoms with Crippen LogP contribution in [0.2, 0.25) is 0 Å². The van der Waals surface area contributed by atoms with Gasteiger partial charge in [0.1, 0.15) is 0 Å². The van der Waals surface area contributed by atoms with Crippen LogP contribution < -0.4 is 10.6 Å². The minimum absolute atomic E-state index is 0.166. The molecule has 0 aliphatic heterocycles. The van der Waals surface area contributed by atoms with Gasteiger partial charge in [-0.3, -0.25) is 14.4 Å². The molecule has 0 aromatic heterocycles.